The second kappa shape index (κ2) is 33.4. The average molecular weight is 1220 g/mol. The molecule has 0 aromatic heterocycles. The lowest BCUT2D eigenvalue weighted by Crippen LogP contribution is -2.62. The Morgan fingerprint density at radius 2 is 1.29 bits per heavy atom. The fourth-order valence-electron chi connectivity index (χ4n) is 10.3. The molecule has 3 aliphatic heterocycles. The third-order valence-corrected chi connectivity index (χ3v) is 15.5. The Labute approximate surface area is 502 Å². The number of aromatic hydroxyl groups is 1. The first-order valence-corrected chi connectivity index (χ1v) is 29.0. The first-order chi connectivity index (χ1) is 41.4. The van der Waals surface area contributed by atoms with Crippen LogP contribution in [-0.4, -0.2) is 205 Å². The molecule has 476 valence electrons. The number of amides is 11. The molecular formula is C58H82N12O17. The number of allylic oxidation sites excluding steroid dienone is 1. The minimum atomic E-state index is -1.84. The van der Waals surface area contributed by atoms with Crippen LogP contribution in [0.5, 0.6) is 5.75 Å². The summed E-state index contributed by atoms with van der Waals surface area (Å²) in [4.78, 5) is 170. The van der Waals surface area contributed by atoms with E-state index in [9.17, 15) is 83.1 Å². The van der Waals surface area contributed by atoms with Crippen LogP contribution < -0.4 is 54.0 Å². The highest BCUT2D eigenvalue weighted by Crippen LogP contribution is 2.27. The van der Waals surface area contributed by atoms with Crippen molar-refractivity contribution in [2.75, 3.05) is 26.3 Å². The highest BCUT2D eigenvalue weighted by molar-refractivity contribution is 5.99. The third-order valence-electron chi connectivity index (χ3n) is 15.5. The van der Waals surface area contributed by atoms with Gasteiger partial charge in [-0.25, -0.2) is 4.79 Å². The number of phenols is 1. The minimum Gasteiger partial charge on any atom is -0.508 e. The molecule has 13 atom stereocenters. The monoisotopic (exact) mass is 1220 g/mol. The predicted molar refractivity (Wildman–Crippen MR) is 309 cm³/mol. The maximum atomic E-state index is 14.7. The topological polar surface area (TPSA) is 461 Å². The van der Waals surface area contributed by atoms with E-state index < -0.39 is 182 Å². The van der Waals surface area contributed by atoms with Gasteiger partial charge in [-0.3, -0.25) is 52.7 Å². The Morgan fingerprint density at radius 1 is 0.690 bits per heavy atom. The number of rotatable bonds is 17. The summed E-state index contributed by atoms with van der Waals surface area (Å²) in [6, 6.07) is -2.97. The molecule has 5 rings (SSSR count). The zero-order chi connectivity index (χ0) is 64.1. The smallest absolute Gasteiger partial charge is 0.326 e. The van der Waals surface area contributed by atoms with Crippen molar-refractivity contribution < 1.29 is 83.1 Å². The summed E-state index contributed by atoms with van der Waals surface area (Å²) in [5, 5.41) is 71.1. The van der Waals surface area contributed by atoms with Crippen LogP contribution in [0.3, 0.4) is 0 Å². The van der Waals surface area contributed by atoms with Gasteiger partial charge < -0.3 is 89.3 Å². The number of hydrogen-bond donors (Lipinski definition) is 15. The normalized spacial score (nSPS) is 26.1. The predicted octanol–water partition coefficient (Wildman–Crippen LogP) is -4.13. The fraction of sp³-hybridized carbons (Fsp3) is 0.552. The molecule has 11 amide bonds. The number of nitrogens with zero attached hydrogens (tertiary/aromatic N) is 2. The van der Waals surface area contributed by atoms with Crippen molar-refractivity contribution >= 4 is 70.9 Å². The first-order valence-electron chi connectivity index (χ1n) is 29.0. The second-order valence-corrected chi connectivity index (χ2v) is 22.0. The van der Waals surface area contributed by atoms with Gasteiger partial charge in [0.25, 0.3) is 0 Å². The van der Waals surface area contributed by atoms with E-state index in [0.717, 1.165) is 6.92 Å². The number of phenolic OH excluding ortho intramolecular Hbond substituents is 1. The van der Waals surface area contributed by atoms with Gasteiger partial charge in [0, 0.05) is 32.4 Å². The summed E-state index contributed by atoms with van der Waals surface area (Å²) < 4.78 is 0. The zero-order valence-corrected chi connectivity index (χ0v) is 48.9. The average Bonchev–Trinajstić information content (AvgIpc) is 2.22. The number of carboxylic acids is 1. The van der Waals surface area contributed by atoms with Gasteiger partial charge >= 0.3 is 5.97 Å². The molecule has 3 aliphatic rings. The number of carbonyl (C=O) groups is 12. The molecule has 2 fully saturated rings. The SMILES string of the molecule is CC[C@H](C)[C@@H]1NC(=O)[C@H](CO)NC(=O)[C@H](Cc2ccccc2)NC(=O)[C@H]([C@@H](C)O)NC(=O)[C@@H](NC(=O)[C@H](N)CO)CC/C=C\C[C@@H](C(=O)N[C@@H](Cc2ccc(O)cc2)C(=O)O)NC(=O)[C@H](CCC(N)=O)NC(=O)[C@@H]2CCCN2C(=O)[C@@H]2CCCN2C1=O. The molecule has 0 saturated carbocycles. The van der Waals surface area contributed by atoms with Gasteiger partial charge in [-0.2, -0.15) is 0 Å². The summed E-state index contributed by atoms with van der Waals surface area (Å²) in [5.41, 5.74) is 12.2. The van der Waals surface area contributed by atoms with E-state index >= 15 is 0 Å². The standard InChI is InChI=1S/C58H82N12O17/c1-4-31(2)46-57(85)70-26-12-18-44(70)56(84)69-25-11-17-43(69)54(82)63-39(23-24-45(60)75)50(78)62-37(49(77)65-41(58(86)87)28-34-19-21-35(74)22-20-34)15-9-6-10-16-38(61-48(76)36(59)29-71)51(79)68-47(32(3)73)55(83)64-40(27-33-13-7-5-8-14-33)52(80)66-42(30-72)53(81)67-46/h5-9,13-14,19-22,31-32,36-44,46-47,71-74H,4,10-12,15-18,23-30,59H2,1-3H3,(H2,60,75)(H,61,76)(H,62,78)(H,63,82)(H,64,83)(H,65,77)(H,66,80)(H,67,81)(H,68,79)(H,86,87)/b9-6-/t31-,32+,36+,37-,38-,39-,40-,41-,42-,43-,44-,46-,47-/m0/s1. The zero-order valence-electron chi connectivity index (χ0n) is 48.9. The van der Waals surface area contributed by atoms with Gasteiger partial charge in [0.05, 0.1) is 19.3 Å². The van der Waals surface area contributed by atoms with Crippen LogP contribution >= 0.6 is 0 Å². The number of nitrogens with two attached hydrogens (primary N) is 2. The van der Waals surface area contributed by atoms with Crippen molar-refractivity contribution in [2.24, 2.45) is 17.4 Å². The molecule has 2 aromatic carbocycles. The summed E-state index contributed by atoms with van der Waals surface area (Å²) in [6.07, 6.45) is 0.134. The van der Waals surface area contributed by atoms with Gasteiger partial charge in [0.2, 0.25) is 65.0 Å². The van der Waals surface area contributed by atoms with Crippen molar-refractivity contribution in [1.82, 2.24) is 52.3 Å². The van der Waals surface area contributed by atoms with E-state index in [2.05, 4.69) is 42.5 Å². The van der Waals surface area contributed by atoms with Gasteiger partial charge in [-0.05, 0) is 87.5 Å². The van der Waals surface area contributed by atoms with E-state index in [-0.39, 0.29) is 57.4 Å². The number of carbonyl (C=O) groups excluding carboxylic acids is 11. The van der Waals surface area contributed by atoms with Crippen LogP contribution in [0.25, 0.3) is 0 Å². The summed E-state index contributed by atoms with van der Waals surface area (Å²) >= 11 is 0. The van der Waals surface area contributed by atoms with Crippen LogP contribution in [0.15, 0.2) is 66.7 Å². The number of aliphatic hydroxyl groups is 3. The minimum absolute atomic E-state index is 0.0554. The number of benzene rings is 2. The van der Waals surface area contributed by atoms with Gasteiger partial charge in [-0.15, -0.1) is 0 Å². The molecule has 2 saturated heterocycles. The molecule has 29 heteroatoms. The van der Waals surface area contributed by atoms with Crippen molar-refractivity contribution in [2.45, 2.75) is 170 Å². The van der Waals surface area contributed by atoms with Crippen molar-refractivity contribution in [3.63, 3.8) is 0 Å². The fourth-order valence-corrected chi connectivity index (χ4v) is 10.3. The number of carboxylic acid groups (broad SMARTS) is 1. The molecule has 0 unspecified atom stereocenters. The number of nitrogens with one attached hydrogen (secondary N) is 8. The van der Waals surface area contributed by atoms with Crippen molar-refractivity contribution in [1.29, 1.82) is 0 Å². The van der Waals surface area contributed by atoms with Gasteiger partial charge in [0.1, 0.15) is 72.2 Å². The molecule has 3 heterocycles. The maximum Gasteiger partial charge on any atom is 0.326 e. The second-order valence-electron chi connectivity index (χ2n) is 22.0. The molecule has 0 bridgehead atoms. The lowest BCUT2D eigenvalue weighted by Gasteiger charge is -2.35. The van der Waals surface area contributed by atoms with Crippen molar-refractivity contribution in [3.05, 3.63) is 77.9 Å². The Kier molecular flexibility index (Phi) is 26.6. The molecule has 17 N–H and O–H groups in total. The number of aliphatic carboxylic acids is 1. The molecule has 0 aliphatic carbocycles. The quantitative estimate of drug-likeness (QED) is 0.0669. The number of primary amides is 1. The van der Waals surface area contributed by atoms with E-state index in [0.29, 0.717) is 30.4 Å². The van der Waals surface area contributed by atoms with E-state index in [1.165, 1.54) is 46.2 Å². The molecule has 29 nitrogen and oxygen atoms in total. The number of aliphatic hydroxyl groups excluding tert-OH is 3. The first kappa shape index (κ1) is 69.2. The van der Waals surface area contributed by atoms with E-state index in [1.54, 1.807) is 44.2 Å². The van der Waals surface area contributed by atoms with Crippen LogP contribution in [0.2, 0.25) is 0 Å². The summed E-state index contributed by atoms with van der Waals surface area (Å²) in [7, 11) is 0. The largest absolute Gasteiger partial charge is 0.508 e. The molecular weight excluding hydrogens is 1140 g/mol. The Balaban J connectivity index is 1.57. The number of hydrogen-bond acceptors (Lipinski definition) is 17. The molecule has 87 heavy (non-hydrogen) atoms. The van der Waals surface area contributed by atoms with Crippen LogP contribution in [-0.2, 0) is 70.4 Å². The lowest BCUT2D eigenvalue weighted by atomic mass is 9.96. The lowest BCUT2D eigenvalue weighted by molar-refractivity contribution is -0.149. The van der Waals surface area contributed by atoms with Crippen LogP contribution in [0.4, 0.5) is 0 Å². The molecule has 2 aromatic rings. The highest BCUT2D eigenvalue weighted by Gasteiger charge is 2.46. The highest BCUT2D eigenvalue weighted by atomic mass is 16.4. The van der Waals surface area contributed by atoms with Crippen molar-refractivity contribution in [3.8, 4) is 5.75 Å². The Morgan fingerprint density at radius 3 is 1.90 bits per heavy atom. The van der Waals surface area contributed by atoms with E-state index in [1.807, 2.05) is 0 Å². The summed E-state index contributed by atoms with van der Waals surface area (Å²) in [5.74, 6) is -12.5. The third kappa shape index (κ3) is 20.0. The van der Waals surface area contributed by atoms with E-state index in [4.69, 9.17) is 11.5 Å². The number of fused-ring (bicyclic) bond motifs is 2. The Bertz CT molecular complexity index is 2810. The Hall–Kier alpha value is -8.54. The van der Waals surface area contributed by atoms with Gasteiger partial charge in [0.15, 0.2) is 0 Å². The van der Waals surface area contributed by atoms with Crippen LogP contribution in [0.1, 0.15) is 96.1 Å². The maximum absolute atomic E-state index is 14.7. The molecule has 0 spiro atoms. The van der Waals surface area contributed by atoms with Gasteiger partial charge in [-0.1, -0.05) is 74.9 Å². The van der Waals surface area contributed by atoms with Crippen LogP contribution in [0, 0.1) is 5.92 Å². The molecule has 0 radical (unpaired) electrons. The summed E-state index contributed by atoms with van der Waals surface area (Å²) in [6.45, 7) is 2.83.